The van der Waals surface area contributed by atoms with Crippen LogP contribution in [0.2, 0.25) is 0 Å². The van der Waals surface area contributed by atoms with Crippen LogP contribution < -0.4 is 0 Å². The zero-order valence-corrected chi connectivity index (χ0v) is 10.5. The van der Waals surface area contributed by atoms with Crippen LogP contribution in [0.15, 0.2) is 21.4 Å². The Morgan fingerprint density at radius 2 is 2.44 bits per heavy atom. The summed E-state index contributed by atoms with van der Waals surface area (Å²) in [5.74, 6) is -0.898. The van der Waals surface area contributed by atoms with Crippen molar-refractivity contribution in [2.45, 2.75) is 13.0 Å². The fraction of sp³-hybridized carbons (Fsp3) is 0.222. The third-order valence-electron chi connectivity index (χ3n) is 1.88. The van der Waals surface area contributed by atoms with Gasteiger partial charge in [-0.05, 0) is 32.9 Å². The second kappa shape index (κ2) is 4.75. The minimum Gasteiger partial charge on any atom is -0.481 e. The lowest BCUT2D eigenvalue weighted by Gasteiger charge is -1.95. The number of hydrogen-bond acceptors (Lipinski definition) is 4. The summed E-state index contributed by atoms with van der Waals surface area (Å²) in [6, 6.07) is 2.00. The van der Waals surface area contributed by atoms with Gasteiger partial charge in [-0.25, -0.2) is 4.68 Å². The van der Waals surface area contributed by atoms with Crippen molar-refractivity contribution in [3.05, 3.63) is 32.7 Å². The fourth-order valence-corrected chi connectivity index (χ4v) is 2.47. The van der Waals surface area contributed by atoms with Gasteiger partial charge in [0.1, 0.15) is 0 Å². The number of rotatable bonds is 4. The summed E-state index contributed by atoms with van der Waals surface area (Å²) in [6.07, 6.45) is 1.56. The highest BCUT2D eigenvalue weighted by Crippen LogP contribution is 2.21. The lowest BCUT2D eigenvalue weighted by molar-refractivity contribution is -0.136. The van der Waals surface area contributed by atoms with E-state index >= 15 is 0 Å². The maximum Gasteiger partial charge on any atom is 0.309 e. The van der Waals surface area contributed by atoms with Gasteiger partial charge in [-0.3, -0.25) is 4.79 Å². The highest BCUT2D eigenvalue weighted by atomic mass is 79.9. The van der Waals surface area contributed by atoms with Crippen LogP contribution in [-0.2, 0) is 17.8 Å². The van der Waals surface area contributed by atoms with E-state index in [4.69, 9.17) is 5.11 Å². The molecule has 2 aromatic heterocycles. The summed E-state index contributed by atoms with van der Waals surface area (Å²) in [4.78, 5) is 10.5. The maximum absolute atomic E-state index is 10.5. The minimum absolute atomic E-state index is 0.0899. The molecule has 0 spiro atoms. The Morgan fingerprint density at radius 1 is 1.62 bits per heavy atom. The largest absolute Gasteiger partial charge is 0.481 e. The molecule has 0 saturated heterocycles. The topological polar surface area (TPSA) is 68.0 Å². The van der Waals surface area contributed by atoms with E-state index in [1.165, 1.54) is 0 Å². The standard InChI is InChI=1S/C9H8BrN3O2S/c10-8-1-6(5-16-8)3-13-4-7(11-12-13)2-9(14)15/h1,4-5H,2-3H2,(H,14,15). The van der Waals surface area contributed by atoms with E-state index in [1.807, 2.05) is 11.4 Å². The molecule has 5 nitrogen and oxygen atoms in total. The first kappa shape index (κ1) is 11.3. The van der Waals surface area contributed by atoms with Crippen LogP contribution in [0.5, 0.6) is 0 Å². The first-order valence-electron chi connectivity index (χ1n) is 4.47. The van der Waals surface area contributed by atoms with Crippen molar-refractivity contribution in [1.29, 1.82) is 0 Å². The molecular formula is C9H8BrN3O2S. The van der Waals surface area contributed by atoms with Crippen LogP contribution in [0.3, 0.4) is 0 Å². The van der Waals surface area contributed by atoms with Gasteiger partial charge in [0, 0.05) is 6.20 Å². The Hall–Kier alpha value is -1.21. The first-order valence-corrected chi connectivity index (χ1v) is 6.14. The van der Waals surface area contributed by atoms with Gasteiger partial charge in [0.15, 0.2) is 0 Å². The average Bonchev–Trinajstić information content (AvgIpc) is 2.76. The zero-order valence-electron chi connectivity index (χ0n) is 8.13. The molecule has 0 aromatic carbocycles. The predicted octanol–water partition coefficient (Wildman–Crippen LogP) is 1.78. The van der Waals surface area contributed by atoms with E-state index in [2.05, 4.69) is 26.2 Å². The van der Waals surface area contributed by atoms with Crippen LogP contribution in [0.1, 0.15) is 11.3 Å². The molecule has 0 amide bonds. The van der Waals surface area contributed by atoms with Crippen LogP contribution in [-0.4, -0.2) is 26.1 Å². The van der Waals surface area contributed by atoms with E-state index in [9.17, 15) is 4.79 Å². The van der Waals surface area contributed by atoms with Gasteiger partial charge in [-0.2, -0.15) is 0 Å². The molecule has 0 aliphatic carbocycles. The molecule has 0 radical (unpaired) electrons. The fourth-order valence-electron chi connectivity index (χ4n) is 1.27. The number of hydrogen-bond donors (Lipinski definition) is 1. The molecule has 84 valence electrons. The number of aliphatic carboxylic acids is 1. The molecule has 2 heterocycles. The summed E-state index contributed by atoms with van der Waals surface area (Å²) in [6.45, 7) is 0.606. The van der Waals surface area contributed by atoms with Crippen molar-refractivity contribution in [2.24, 2.45) is 0 Å². The van der Waals surface area contributed by atoms with E-state index in [1.54, 1.807) is 22.2 Å². The van der Waals surface area contributed by atoms with E-state index in [0.29, 0.717) is 12.2 Å². The van der Waals surface area contributed by atoms with E-state index in [0.717, 1.165) is 9.35 Å². The molecule has 0 fully saturated rings. The number of aromatic nitrogens is 3. The Balaban J connectivity index is 2.05. The van der Waals surface area contributed by atoms with Crippen LogP contribution >= 0.6 is 27.3 Å². The highest BCUT2D eigenvalue weighted by Gasteiger charge is 2.06. The summed E-state index contributed by atoms with van der Waals surface area (Å²) in [5, 5.41) is 18.3. The van der Waals surface area contributed by atoms with E-state index in [-0.39, 0.29) is 6.42 Å². The predicted molar refractivity (Wildman–Crippen MR) is 62.5 cm³/mol. The van der Waals surface area contributed by atoms with Crippen molar-refractivity contribution in [3.63, 3.8) is 0 Å². The van der Waals surface area contributed by atoms with Crippen molar-refractivity contribution in [1.82, 2.24) is 15.0 Å². The molecule has 1 N–H and O–H groups in total. The van der Waals surface area contributed by atoms with Gasteiger partial charge in [-0.1, -0.05) is 5.21 Å². The normalized spacial score (nSPS) is 10.6. The SMILES string of the molecule is O=C(O)Cc1cn(Cc2csc(Br)c2)nn1. The molecular weight excluding hydrogens is 294 g/mol. The monoisotopic (exact) mass is 301 g/mol. The smallest absolute Gasteiger partial charge is 0.309 e. The van der Waals surface area contributed by atoms with Crippen molar-refractivity contribution in [2.75, 3.05) is 0 Å². The first-order chi connectivity index (χ1) is 7.63. The van der Waals surface area contributed by atoms with Crippen molar-refractivity contribution in [3.8, 4) is 0 Å². The quantitative estimate of drug-likeness (QED) is 0.934. The lowest BCUT2D eigenvalue weighted by atomic mass is 10.3. The third-order valence-corrected chi connectivity index (χ3v) is 3.44. The average molecular weight is 302 g/mol. The van der Waals surface area contributed by atoms with Gasteiger partial charge < -0.3 is 5.11 Å². The number of carboxylic acids is 1. The highest BCUT2D eigenvalue weighted by molar-refractivity contribution is 9.11. The molecule has 16 heavy (non-hydrogen) atoms. The summed E-state index contributed by atoms with van der Waals surface area (Å²) >= 11 is 4.98. The van der Waals surface area contributed by atoms with Gasteiger partial charge in [-0.15, -0.1) is 16.4 Å². The number of carboxylic acid groups (broad SMARTS) is 1. The van der Waals surface area contributed by atoms with Crippen LogP contribution in [0.25, 0.3) is 0 Å². The molecule has 0 atom stereocenters. The zero-order chi connectivity index (χ0) is 11.5. The Kier molecular flexibility index (Phi) is 3.35. The minimum atomic E-state index is -0.898. The lowest BCUT2D eigenvalue weighted by Crippen LogP contribution is -2.00. The molecule has 2 rings (SSSR count). The van der Waals surface area contributed by atoms with Crippen molar-refractivity contribution < 1.29 is 9.90 Å². The summed E-state index contributed by atoms with van der Waals surface area (Å²) in [5.41, 5.74) is 1.59. The molecule has 0 bridgehead atoms. The van der Waals surface area contributed by atoms with Crippen LogP contribution in [0.4, 0.5) is 0 Å². The molecule has 0 aliphatic heterocycles. The number of nitrogens with zero attached hydrogens (tertiary/aromatic N) is 3. The Morgan fingerprint density at radius 3 is 3.06 bits per heavy atom. The second-order valence-electron chi connectivity index (χ2n) is 3.24. The van der Waals surface area contributed by atoms with Gasteiger partial charge >= 0.3 is 5.97 Å². The molecule has 0 aliphatic rings. The Bertz CT molecular complexity index is 508. The van der Waals surface area contributed by atoms with Gasteiger partial charge in [0.25, 0.3) is 0 Å². The summed E-state index contributed by atoms with van der Waals surface area (Å²) < 4.78 is 2.70. The molecule has 7 heteroatoms. The number of thiophene rings is 1. The maximum atomic E-state index is 10.5. The molecule has 0 saturated carbocycles. The van der Waals surface area contributed by atoms with E-state index < -0.39 is 5.97 Å². The third kappa shape index (κ3) is 2.89. The van der Waals surface area contributed by atoms with Crippen LogP contribution in [0, 0.1) is 0 Å². The Labute approximate surface area is 104 Å². The second-order valence-corrected chi connectivity index (χ2v) is 5.53. The number of carbonyl (C=O) groups is 1. The number of halogens is 1. The van der Waals surface area contributed by atoms with Gasteiger partial charge in [0.2, 0.25) is 0 Å². The van der Waals surface area contributed by atoms with Gasteiger partial charge in [0.05, 0.1) is 22.4 Å². The molecule has 0 unspecified atom stereocenters. The summed E-state index contributed by atoms with van der Waals surface area (Å²) in [7, 11) is 0. The van der Waals surface area contributed by atoms with Crippen molar-refractivity contribution >= 4 is 33.2 Å². The molecule has 2 aromatic rings.